The van der Waals surface area contributed by atoms with Gasteiger partial charge in [-0.1, -0.05) is 30.3 Å². The first-order valence-corrected chi connectivity index (χ1v) is 8.71. The highest BCUT2D eigenvalue weighted by Crippen LogP contribution is 2.30. The molecule has 0 aromatic heterocycles. The molecule has 0 aliphatic rings. The summed E-state index contributed by atoms with van der Waals surface area (Å²) in [4.78, 5) is 34.5. The lowest BCUT2D eigenvalue weighted by Gasteiger charge is -2.17. The van der Waals surface area contributed by atoms with Crippen molar-refractivity contribution in [2.75, 3.05) is 12.4 Å². The zero-order chi connectivity index (χ0) is 21.0. The van der Waals surface area contributed by atoms with Gasteiger partial charge in [0.05, 0.1) is 29.4 Å². The molecule has 8 heteroatoms. The van der Waals surface area contributed by atoms with Gasteiger partial charge in [0, 0.05) is 6.07 Å². The van der Waals surface area contributed by atoms with Crippen molar-refractivity contribution in [3.63, 3.8) is 0 Å². The summed E-state index contributed by atoms with van der Waals surface area (Å²) in [6.07, 6.45) is -0.239. The maximum absolute atomic E-state index is 12.6. The fraction of sp³-hybridized carbons (Fsp3) is 0.143. The number of methoxy groups -OCH3 is 1. The van der Waals surface area contributed by atoms with Crippen LogP contribution in [0.3, 0.4) is 0 Å². The number of fused-ring (bicyclic) bond motifs is 1. The topological polar surface area (TPSA) is 108 Å². The van der Waals surface area contributed by atoms with Crippen LogP contribution in [0.15, 0.2) is 54.6 Å². The molecule has 0 saturated heterocycles. The van der Waals surface area contributed by atoms with E-state index in [4.69, 9.17) is 9.47 Å². The molecule has 0 aliphatic carbocycles. The first-order valence-electron chi connectivity index (χ1n) is 8.71. The Morgan fingerprint density at radius 2 is 1.90 bits per heavy atom. The number of benzene rings is 3. The SMILES string of the molecule is COc1cc([N+](=O)[O-])ccc1NC(=O)[C@@H](C)Oc1ccc2ccccc2c1C=O. The molecule has 1 amide bonds. The summed E-state index contributed by atoms with van der Waals surface area (Å²) in [5.74, 6) is -0.0572. The number of non-ortho nitro benzene ring substituents is 1. The number of aldehydes is 1. The van der Waals surface area contributed by atoms with Gasteiger partial charge in [0.15, 0.2) is 12.4 Å². The summed E-state index contributed by atoms with van der Waals surface area (Å²) < 4.78 is 10.8. The van der Waals surface area contributed by atoms with E-state index in [2.05, 4.69) is 5.32 Å². The fourth-order valence-electron chi connectivity index (χ4n) is 2.87. The van der Waals surface area contributed by atoms with Crippen molar-refractivity contribution in [2.45, 2.75) is 13.0 Å². The molecule has 29 heavy (non-hydrogen) atoms. The Labute approximate surface area is 166 Å². The number of hydrogen-bond acceptors (Lipinski definition) is 6. The maximum atomic E-state index is 12.6. The highest BCUT2D eigenvalue weighted by molar-refractivity contribution is 6.01. The van der Waals surface area contributed by atoms with Gasteiger partial charge < -0.3 is 14.8 Å². The number of nitrogens with zero attached hydrogens (tertiary/aromatic N) is 1. The molecular weight excluding hydrogens is 376 g/mol. The number of hydrogen-bond donors (Lipinski definition) is 1. The number of amides is 1. The van der Waals surface area contributed by atoms with Crippen LogP contribution < -0.4 is 14.8 Å². The highest BCUT2D eigenvalue weighted by atomic mass is 16.6. The van der Waals surface area contributed by atoms with Crippen LogP contribution in [-0.2, 0) is 4.79 Å². The summed E-state index contributed by atoms with van der Waals surface area (Å²) in [5.41, 5.74) is 0.472. The van der Waals surface area contributed by atoms with E-state index in [0.717, 1.165) is 10.8 Å². The van der Waals surface area contributed by atoms with Crippen molar-refractivity contribution < 1.29 is 24.0 Å². The number of nitro benzene ring substituents is 1. The molecule has 3 aromatic rings. The standard InChI is InChI=1S/C21H18N2O6/c1-13(21(25)22-18-9-8-15(23(26)27)11-20(18)28-2)29-19-10-7-14-5-3-4-6-16(14)17(19)12-24/h3-13H,1-2H3,(H,22,25)/t13-/m1/s1. The number of carbonyl (C=O) groups is 2. The van der Waals surface area contributed by atoms with Gasteiger partial charge in [0.2, 0.25) is 0 Å². The molecule has 0 radical (unpaired) electrons. The lowest BCUT2D eigenvalue weighted by molar-refractivity contribution is -0.384. The Morgan fingerprint density at radius 1 is 1.14 bits per heavy atom. The van der Waals surface area contributed by atoms with E-state index in [1.807, 2.05) is 24.3 Å². The fourth-order valence-corrected chi connectivity index (χ4v) is 2.87. The van der Waals surface area contributed by atoms with E-state index in [1.54, 1.807) is 12.1 Å². The Balaban J connectivity index is 1.80. The van der Waals surface area contributed by atoms with Gasteiger partial charge in [0.1, 0.15) is 11.5 Å². The number of nitrogens with one attached hydrogen (secondary N) is 1. The summed E-state index contributed by atoms with van der Waals surface area (Å²) in [6, 6.07) is 14.7. The van der Waals surface area contributed by atoms with Gasteiger partial charge in [-0.2, -0.15) is 0 Å². The molecule has 148 valence electrons. The number of nitro groups is 1. The van der Waals surface area contributed by atoms with E-state index < -0.39 is 16.9 Å². The van der Waals surface area contributed by atoms with Crippen LogP contribution in [-0.4, -0.2) is 30.3 Å². The predicted octanol–water partition coefficient (Wildman–Crippen LogP) is 3.98. The Kier molecular flexibility index (Phi) is 5.73. The zero-order valence-corrected chi connectivity index (χ0v) is 15.7. The average molecular weight is 394 g/mol. The van der Waals surface area contributed by atoms with Gasteiger partial charge in [-0.3, -0.25) is 19.7 Å². The second-order valence-electron chi connectivity index (χ2n) is 6.21. The number of anilines is 1. The third kappa shape index (κ3) is 4.16. The lowest BCUT2D eigenvalue weighted by atomic mass is 10.0. The van der Waals surface area contributed by atoms with Gasteiger partial charge in [0.25, 0.3) is 11.6 Å². The first-order chi connectivity index (χ1) is 13.9. The molecule has 0 saturated carbocycles. The van der Waals surface area contributed by atoms with Gasteiger partial charge in [-0.15, -0.1) is 0 Å². The Bertz CT molecular complexity index is 1100. The van der Waals surface area contributed by atoms with Crippen molar-refractivity contribution in [3.05, 3.63) is 70.3 Å². The van der Waals surface area contributed by atoms with Crippen LogP contribution in [0.1, 0.15) is 17.3 Å². The normalized spacial score (nSPS) is 11.5. The van der Waals surface area contributed by atoms with Gasteiger partial charge >= 0.3 is 0 Å². The monoisotopic (exact) mass is 394 g/mol. The molecule has 1 atom stereocenters. The minimum atomic E-state index is -0.935. The van der Waals surface area contributed by atoms with Gasteiger partial charge in [-0.25, -0.2) is 0 Å². The smallest absolute Gasteiger partial charge is 0.273 e. The van der Waals surface area contributed by atoms with Crippen LogP contribution in [0, 0.1) is 10.1 Å². The van der Waals surface area contributed by atoms with Crippen molar-refractivity contribution in [2.24, 2.45) is 0 Å². The van der Waals surface area contributed by atoms with E-state index in [9.17, 15) is 19.7 Å². The van der Waals surface area contributed by atoms with Crippen molar-refractivity contribution >= 4 is 34.3 Å². The minimum absolute atomic E-state index is 0.152. The molecular formula is C21H18N2O6. The van der Waals surface area contributed by atoms with Crippen molar-refractivity contribution in [1.29, 1.82) is 0 Å². The zero-order valence-electron chi connectivity index (χ0n) is 15.7. The van der Waals surface area contributed by atoms with E-state index in [0.29, 0.717) is 11.8 Å². The minimum Gasteiger partial charge on any atom is -0.494 e. The van der Waals surface area contributed by atoms with Crippen LogP contribution >= 0.6 is 0 Å². The van der Waals surface area contributed by atoms with Crippen LogP contribution in [0.4, 0.5) is 11.4 Å². The van der Waals surface area contributed by atoms with Crippen LogP contribution in [0.2, 0.25) is 0 Å². The molecule has 1 N–H and O–H groups in total. The molecule has 0 aliphatic heterocycles. The van der Waals surface area contributed by atoms with Crippen LogP contribution in [0.5, 0.6) is 11.5 Å². The molecule has 0 unspecified atom stereocenters. The second kappa shape index (κ2) is 8.39. The number of carbonyl (C=O) groups excluding carboxylic acids is 2. The predicted molar refractivity (Wildman–Crippen MR) is 108 cm³/mol. The molecule has 0 spiro atoms. The summed E-state index contributed by atoms with van der Waals surface area (Å²) >= 11 is 0. The first kappa shape index (κ1) is 19.8. The average Bonchev–Trinajstić information content (AvgIpc) is 2.73. The summed E-state index contributed by atoms with van der Waals surface area (Å²) in [5, 5.41) is 15.1. The third-order valence-corrected chi connectivity index (χ3v) is 4.38. The van der Waals surface area contributed by atoms with Crippen molar-refractivity contribution in [1.82, 2.24) is 0 Å². The second-order valence-corrected chi connectivity index (χ2v) is 6.21. The number of ether oxygens (including phenoxy) is 2. The molecule has 0 bridgehead atoms. The van der Waals surface area contributed by atoms with Crippen LogP contribution in [0.25, 0.3) is 10.8 Å². The quantitative estimate of drug-likeness (QED) is 0.369. The summed E-state index contributed by atoms with van der Waals surface area (Å²) in [7, 11) is 1.35. The van der Waals surface area contributed by atoms with E-state index >= 15 is 0 Å². The highest BCUT2D eigenvalue weighted by Gasteiger charge is 2.20. The Hall–Kier alpha value is -3.94. The Morgan fingerprint density at radius 3 is 2.59 bits per heavy atom. The number of rotatable bonds is 7. The molecule has 0 fully saturated rings. The maximum Gasteiger partial charge on any atom is 0.273 e. The third-order valence-electron chi connectivity index (χ3n) is 4.38. The van der Waals surface area contributed by atoms with E-state index in [-0.39, 0.29) is 22.9 Å². The molecule has 8 nitrogen and oxygen atoms in total. The largest absolute Gasteiger partial charge is 0.494 e. The molecule has 3 rings (SSSR count). The van der Waals surface area contributed by atoms with Gasteiger partial charge in [-0.05, 0) is 29.8 Å². The molecule has 0 heterocycles. The summed E-state index contributed by atoms with van der Waals surface area (Å²) in [6.45, 7) is 1.54. The van der Waals surface area contributed by atoms with Crippen molar-refractivity contribution in [3.8, 4) is 11.5 Å². The van der Waals surface area contributed by atoms with E-state index in [1.165, 1.54) is 32.2 Å². The molecule has 3 aromatic carbocycles. The lowest BCUT2D eigenvalue weighted by Crippen LogP contribution is -2.30.